The summed E-state index contributed by atoms with van der Waals surface area (Å²) in [5.74, 6) is -1.98. The Morgan fingerprint density at radius 1 is 1.15 bits per heavy atom. The second kappa shape index (κ2) is 8.32. The first kappa shape index (κ1) is 18.4. The van der Waals surface area contributed by atoms with E-state index in [1.807, 2.05) is 0 Å². The van der Waals surface area contributed by atoms with Crippen molar-refractivity contribution < 1.29 is 19.1 Å². The number of hydrogen-bond acceptors (Lipinski definition) is 8. The number of benzene rings is 1. The third kappa shape index (κ3) is 4.61. The van der Waals surface area contributed by atoms with E-state index in [9.17, 15) is 19.2 Å². The molecule has 0 saturated carbocycles. The second-order valence-corrected chi connectivity index (χ2v) is 6.35. The first-order valence-corrected chi connectivity index (χ1v) is 8.78. The molecule has 0 saturated heterocycles. The van der Waals surface area contributed by atoms with Gasteiger partial charge in [-0.1, -0.05) is 23.4 Å². The van der Waals surface area contributed by atoms with Crippen LogP contribution in [0.2, 0.25) is 0 Å². The van der Waals surface area contributed by atoms with Crippen molar-refractivity contribution >= 4 is 40.0 Å². The van der Waals surface area contributed by atoms with Gasteiger partial charge in [0.25, 0.3) is 17.4 Å². The number of amides is 2. The average molecular weight is 386 g/mol. The van der Waals surface area contributed by atoms with E-state index in [2.05, 4.69) is 15.6 Å². The average Bonchev–Trinajstić information content (AvgIpc) is 3.21. The summed E-state index contributed by atoms with van der Waals surface area (Å²) in [6.07, 6.45) is -0.168. The Hall–Kier alpha value is -3.40. The van der Waals surface area contributed by atoms with Crippen LogP contribution >= 0.6 is 11.3 Å². The third-order valence-electron chi connectivity index (χ3n) is 3.52. The molecule has 1 N–H and O–H groups in total. The van der Waals surface area contributed by atoms with Crippen LogP contribution in [0.3, 0.4) is 0 Å². The predicted octanol–water partition coefficient (Wildman–Crippen LogP) is 0.743. The Bertz CT molecular complexity index is 1040. The van der Waals surface area contributed by atoms with Gasteiger partial charge in [-0.3, -0.25) is 24.5 Å². The molecule has 10 heteroatoms. The molecule has 3 aromatic rings. The number of thiophene rings is 1. The number of nitrogens with one attached hydrogen (secondary N) is 1. The molecule has 1 aromatic carbocycles. The Morgan fingerprint density at radius 3 is 2.74 bits per heavy atom. The van der Waals surface area contributed by atoms with Gasteiger partial charge in [-0.15, -0.1) is 16.4 Å². The topological polar surface area (TPSA) is 120 Å². The van der Waals surface area contributed by atoms with Gasteiger partial charge in [0.05, 0.1) is 23.2 Å². The van der Waals surface area contributed by atoms with Gasteiger partial charge in [0.2, 0.25) is 0 Å². The van der Waals surface area contributed by atoms with Crippen LogP contribution in [0.5, 0.6) is 0 Å². The summed E-state index contributed by atoms with van der Waals surface area (Å²) >= 11 is 1.19. The Labute approximate surface area is 156 Å². The molecule has 0 radical (unpaired) electrons. The summed E-state index contributed by atoms with van der Waals surface area (Å²) in [6.45, 7) is -0.626. The largest absolute Gasteiger partial charge is 0.456 e. The monoisotopic (exact) mass is 386 g/mol. The van der Waals surface area contributed by atoms with Crippen molar-refractivity contribution in [3.05, 3.63) is 57.0 Å². The van der Waals surface area contributed by atoms with Crippen molar-refractivity contribution in [1.29, 1.82) is 0 Å². The lowest BCUT2D eigenvalue weighted by Crippen LogP contribution is -2.34. The SMILES string of the molecule is O=C(COC(=O)CCn1nnc2ccccc2c1=O)NC(=O)c1cccs1. The molecular formula is C17H14N4O5S. The van der Waals surface area contributed by atoms with Gasteiger partial charge in [-0.25, -0.2) is 4.68 Å². The summed E-state index contributed by atoms with van der Waals surface area (Å²) in [6, 6.07) is 9.99. The van der Waals surface area contributed by atoms with E-state index in [0.29, 0.717) is 15.8 Å². The van der Waals surface area contributed by atoms with E-state index >= 15 is 0 Å². The fourth-order valence-electron chi connectivity index (χ4n) is 2.22. The van der Waals surface area contributed by atoms with Crippen LogP contribution in [0.25, 0.3) is 10.9 Å². The maximum absolute atomic E-state index is 12.2. The van der Waals surface area contributed by atoms with Gasteiger partial charge in [0.15, 0.2) is 6.61 Å². The highest BCUT2D eigenvalue weighted by molar-refractivity contribution is 7.12. The number of ether oxygens (including phenoxy) is 1. The van der Waals surface area contributed by atoms with Crippen molar-refractivity contribution in [3.63, 3.8) is 0 Å². The molecule has 0 atom stereocenters. The molecule has 0 bridgehead atoms. The van der Waals surface area contributed by atoms with E-state index in [1.165, 1.54) is 11.3 Å². The number of nitrogens with zero attached hydrogens (tertiary/aromatic N) is 3. The van der Waals surface area contributed by atoms with Crippen molar-refractivity contribution in [2.75, 3.05) is 6.61 Å². The zero-order valence-corrected chi connectivity index (χ0v) is 14.8. The molecule has 0 unspecified atom stereocenters. The molecule has 0 fully saturated rings. The molecule has 3 rings (SSSR count). The van der Waals surface area contributed by atoms with Crippen molar-refractivity contribution in [2.45, 2.75) is 13.0 Å². The van der Waals surface area contributed by atoms with Crippen molar-refractivity contribution in [2.24, 2.45) is 0 Å². The molecule has 2 amide bonds. The molecule has 2 aromatic heterocycles. The highest BCUT2D eigenvalue weighted by atomic mass is 32.1. The quantitative estimate of drug-likeness (QED) is 0.621. The van der Waals surface area contributed by atoms with Crippen LogP contribution in [0.15, 0.2) is 46.6 Å². The normalized spacial score (nSPS) is 10.5. The van der Waals surface area contributed by atoms with Crippen LogP contribution in [0.1, 0.15) is 16.1 Å². The number of esters is 1. The van der Waals surface area contributed by atoms with Crippen molar-refractivity contribution in [3.8, 4) is 0 Å². The van der Waals surface area contributed by atoms with Gasteiger partial charge in [-0.2, -0.15) is 0 Å². The highest BCUT2D eigenvalue weighted by Crippen LogP contribution is 2.07. The van der Waals surface area contributed by atoms with Crippen LogP contribution in [-0.4, -0.2) is 39.4 Å². The number of hydrogen-bond donors (Lipinski definition) is 1. The summed E-state index contributed by atoms with van der Waals surface area (Å²) in [5.41, 5.74) is 0.0982. The maximum atomic E-state index is 12.2. The molecule has 0 aliphatic carbocycles. The Morgan fingerprint density at radius 2 is 1.96 bits per heavy atom. The molecule has 9 nitrogen and oxygen atoms in total. The number of carbonyl (C=O) groups is 3. The van der Waals surface area contributed by atoms with Gasteiger partial charge in [-0.05, 0) is 23.6 Å². The van der Waals surface area contributed by atoms with Gasteiger partial charge >= 0.3 is 5.97 Å². The van der Waals surface area contributed by atoms with Gasteiger partial charge in [0, 0.05) is 0 Å². The number of aryl methyl sites for hydroxylation is 1. The van der Waals surface area contributed by atoms with Crippen LogP contribution in [0.4, 0.5) is 0 Å². The van der Waals surface area contributed by atoms with Crippen LogP contribution in [0, 0.1) is 0 Å². The van der Waals surface area contributed by atoms with E-state index in [1.54, 1.807) is 41.8 Å². The zero-order valence-electron chi connectivity index (χ0n) is 14.0. The standard InChI is InChI=1S/C17H14N4O5S/c22-14(18-16(24)13-6-3-9-27-13)10-26-15(23)7-8-21-17(25)11-4-1-2-5-12(11)19-20-21/h1-6,9H,7-8,10H2,(H,18,22,24). The van der Waals surface area contributed by atoms with E-state index < -0.39 is 24.4 Å². The fourth-order valence-corrected chi connectivity index (χ4v) is 2.84. The van der Waals surface area contributed by atoms with Gasteiger partial charge < -0.3 is 4.74 Å². The summed E-state index contributed by atoms with van der Waals surface area (Å²) in [7, 11) is 0. The number of rotatable bonds is 6. The van der Waals surface area contributed by atoms with Crippen molar-refractivity contribution in [1.82, 2.24) is 20.3 Å². The number of carbonyl (C=O) groups excluding carboxylic acids is 3. The first-order chi connectivity index (χ1) is 13.0. The molecular weight excluding hydrogens is 372 g/mol. The Balaban J connectivity index is 1.48. The second-order valence-electron chi connectivity index (χ2n) is 5.40. The van der Waals surface area contributed by atoms with Crippen LogP contribution in [-0.2, 0) is 20.9 Å². The Kier molecular flexibility index (Phi) is 5.67. The molecule has 0 aliphatic rings. The summed E-state index contributed by atoms with van der Waals surface area (Å²) < 4.78 is 5.87. The molecule has 138 valence electrons. The smallest absolute Gasteiger partial charge is 0.308 e. The van der Waals surface area contributed by atoms with Gasteiger partial charge in [0.1, 0.15) is 5.52 Å². The zero-order chi connectivity index (χ0) is 19.2. The predicted molar refractivity (Wildman–Crippen MR) is 96.2 cm³/mol. The minimum Gasteiger partial charge on any atom is -0.456 e. The van der Waals surface area contributed by atoms with E-state index in [-0.39, 0.29) is 18.5 Å². The molecule has 27 heavy (non-hydrogen) atoms. The lowest BCUT2D eigenvalue weighted by Gasteiger charge is -2.06. The lowest BCUT2D eigenvalue weighted by atomic mass is 10.2. The van der Waals surface area contributed by atoms with E-state index in [4.69, 9.17) is 4.74 Å². The molecule has 0 aliphatic heterocycles. The summed E-state index contributed by atoms with van der Waals surface area (Å²) in [5, 5.41) is 11.9. The first-order valence-electron chi connectivity index (χ1n) is 7.90. The minimum absolute atomic E-state index is 0.0365. The minimum atomic E-state index is -0.732. The fraction of sp³-hybridized carbons (Fsp3) is 0.176. The van der Waals surface area contributed by atoms with Crippen LogP contribution < -0.4 is 10.9 Å². The summed E-state index contributed by atoms with van der Waals surface area (Å²) in [4.78, 5) is 47.7. The highest BCUT2D eigenvalue weighted by Gasteiger charge is 2.14. The number of imide groups is 1. The lowest BCUT2D eigenvalue weighted by molar-refractivity contribution is -0.148. The molecule has 2 heterocycles. The number of aromatic nitrogens is 3. The molecule has 0 spiro atoms. The number of fused-ring (bicyclic) bond motifs is 1. The third-order valence-corrected chi connectivity index (χ3v) is 4.39. The maximum Gasteiger partial charge on any atom is 0.308 e. The van der Waals surface area contributed by atoms with E-state index in [0.717, 1.165) is 4.68 Å².